The lowest BCUT2D eigenvalue weighted by atomic mass is 10.1. The molecule has 0 spiro atoms. The van der Waals surface area contributed by atoms with Gasteiger partial charge in [0.2, 0.25) is 0 Å². The van der Waals surface area contributed by atoms with Crippen molar-refractivity contribution in [1.29, 1.82) is 0 Å². The molecular weight excluding hydrogens is 407 g/mol. The summed E-state index contributed by atoms with van der Waals surface area (Å²) in [6, 6.07) is 10.0. The molecule has 0 radical (unpaired) electrons. The number of ether oxygens (including phenoxy) is 2. The molecule has 0 bridgehead atoms. The van der Waals surface area contributed by atoms with Gasteiger partial charge in [-0.25, -0.2) is 0 Å². The lowest BCUT2D eigenvalue weighted by Gasteiger charge is -2.31. The van der Waals surface area contributed by atoms with Gasteiger partial charge in [0, 0.05) is 4.55 Å². The molecule has 23 heavy (non-hydrogen) atoms. The average molecular weight is 436 g/mol. The maximum absolute atomic E-state index is 10.4. The third-order valence-electron chi connectivity index (χ3n) is 3.42. The molecule has 0 saturated carbocycles. The number of halogens is 1. The summed E-state index contributed by atoms with van der Waals surface area (Å²) in [5.41, 5.74) is 1.12. The Morgan fingerprint density at radius 1 is 1.17 bits per heavy atom. The van der Waals surface area contributed by atoms with Crippen LogP contribution in [0.4, 0.5) is 0 Å². The van der Waals surface area contributed by atoms with Crippen LogP contribution in [0.25, 0.3) is 0 Å². The fourth-order valence-corrected chi connectivity index (χ4v) is 2.67. The van der Waals surface area contributed by atoms with E-state index in [1.807, 2.05) is 37.4 Å². The molecule has 0 saturated heterocycles. The highest BCUT2D eigenvalue weighted by molar-refractivity contribution is 14.1. The van der Waals surface area contributed by atoms with Crippen molar-refractivity contribution in [3.05, 3.63) is 35.9 Å². The van der Waals surface area contributed by atoms with Crippen LogP contribution < -0.4 is 10.6 Å². The Bertz CT molecular complexity index is 406. The Morgan fingerprint density at radius 2 is 1.87 bits per heavy atom. The molecule has 1 aromatic rings. The minimum absolute atomic E-state index is 0.0789. The Morgan fingerprint density at radius 3 is 2.43 bits per heavy atom. The first-order valence-corrected chi connectivity index (χ1v) is 9.49. The fraction of sp³-hybridized carbons (Fsp3) is 0.647. The third-order valence-corrected chi connectivity index (χ3v) is 3.87. The van der Waals surface area contributed by atoms with Gasteiger partial charge in [0.15, 0.2) is 6.29 Å². The summed E-state index contributed by atoms with van der Waals surface area (Å²) in [7, 11) is 1.86. The minimum Gasteiger partial charge on any atom is -0.376 e. The van der Waals surface area contributed by atoms with Crippen molar-refractivity contribution in [2.45, 2.75) is 32.9 Å². The van der Waals surface area contributed by atoms with E-state index in [1.54, 1.807) is 0 Å². The van der Waals surface area contributed by atoms with Gasteiger partial charge in [0.1, 0.15) is 0 Å². The standard InChI is InChI=1S/C17H29IN2O3/c1-13(2)9-23-17(21)15(16(19-3)20-12-18)11-22-10-14-7-5-4-6-8-14/h4-8,13,15-17,19-21H,9-12H2,1-3H3/t15-,16+,17?/m1/s1. The number of benzene rings is 1. The van der Waals surface area contributed by atoms with Gasteiger partial charge < -0.3 is 19.9 Å². The topological polar surface area (TPSA) is 62.8 Å². The van der Waals surface area contributed by atoms with Gasteiger partial charge in [-0.3, -0.25) is 5.32 Å². The maximum Gasteiger partial charge on any atom is 0.162 e. The summed E-state index contributed by atoms with van der Waals surface area (Å²) in [4.78, 5) is 0. The summed E-state index contributed by atoms with van der Waals surface area (Å²) in [5.74, 6) is 0.179. The van der Waals surface area contributed by atoms with Crippen LogP contribution in [0.3, 0.4) is 0 Å². The van der Waals surface area contributed by atoms with Gasteiger partial charge >= 0.3 is 0 Å². The Hall–Kier alpha value is -0.250. The zero-order chi connectivity index (χ0) is 17.1. The molecule has 0 aliphatic rings. The summed E-state index contributed by atoms with van der Waals surface area (Å²) >= 11 is 2.25. The van der Waals surface area contributed by atoms with Crippen molar-refractivity contribution >= 4 is 22.6 Å². The highest BCUT2D eigenvalue weighted by Crippen LogP contribution is 2.13. The molecule has 1 aromatic carbocycles. The smallest absolute Gasteiger partial charge is 0.162 e. The van der Waals surface area contributed by atoms with Crippen LogP contribution in [0.1, 0.15) is 19.4 Å². The van der Waals surface area contributed by atoms with E-state index in [4.69, 9.17) is 9.47 Å². The van der Waals surface area contributed by atoms with Gasteiger partial charge in [0.25, 0.3) is 0 Å². The summed E-state index contributed by atoms with van der Waals surface area (Å²) in [5, 5.41) is 16.9. The van der Waals surface area contributed by atoms with E-state index < -0.39 is 6.29 Å². The summed E-state index contributed by atoms with van der Waals surface area (Å²) in [6.07, 6.45) is -0.953. The van der Waals surface area contributed by atoms with E-state index in [1.165, 1.54) is 0 Å². The van der Waals surface area contributed by atoms with Gasteiger partial charge in [-0.1, -0.05) is 66.8 Å². The third kappa shape index (κ3) is 8.42. The van der Waals surface area contributed by atoms with Crippen LogP contribution in [0, 0.1) is 11.8 Å². The van der Waals surface area contributed by atoms with E-state index in [0.717, 1.165) is 10.1 Å². The molecule has 6 heteroatoms. The normalized spacial score (nSPS) is 15.6. The van der Waals surface area contributed by atoms with E-state index in [-0.39, 0.29) is 12.1 Å². The number of aliphatic hydroxyl groups is 1. The zero-order valence-electron chi connectivity index (χ0n) is 14.2. The van der Waals surface area contributed by atoms with Crippen molar-refractivity contribution in [2.24, 2.45) is 11.8 Å². The molecule has 3 N–H and O–H groups in total. The summed E-state index contributed by atoms with van der Waals surface area (Å²) < 4.78 is 12.2. The highest BCUT2D eigenvalue weighted by atomic mass is 127. The first-order chi connectivity index (χ1) is 11.1. The second-order valence-electron chi connectivity index (χ2n) is 5.89. The molecule has 132 valence electrons. The molecule has 1 unspecified atom stereocenters. The van der Waals surface area contributed by atoms with Crippen LogP contribution in [0.2, 0.25) is 0 Å². The molecule has 0 fully saturated rings. The van der Waals surface area contributed by atoms with Gasteiger partial charge in [-0.05, 0) is 18.5 Å². The molecule has 5 nitrogen and oxygen atoms in total. The molecule has 0 aliphatic heterocycles. The number of rotatable bonds is 12. The van der Waals surface area contributed by atoms with Crippen LogP contribution in [-0.4, -0.2) is 42.4 Å². The molecule has 0 heterocycles. The quantitative estimate of drug-likeness (QED) is 0.203. The average Bonchev–Trinajstić information content (AvgIpc) is 2.56. The van der Waals surface area contributed by atoms with Gasteiger partial charge in [-0.2, -0.15) is 0 Å². The van der Waals surface area contributed by atoms with Crippen LogP contribution >= 0.6 is 22.6 Å². The second-order valence-corrected chi connectivity index (χ2v) is 6.65. The first-order valence-electron chi connectivity index (χ1n) is 7.96. The van der Waals surface area contributed by atoms with Crippen molar-refractivity contribution in [2.75, 3.05) is 24.8 Å². The first kappa shape index (κ1) is 20.8. The highest BCUT2D eigenvalue weighted by Gasteiger charge is 2.28. The predicted octanol–water partition coefficient (Wildman–Crippen LogP) is 2.34. The molecule has 0 aliphatic carbocycles. The molecule has 0 aromatic heterocycles. The molecule has 1 rings (SSSR count). The monoisotopic (exact) mass is 436 g/mol. The van der Waals surface area contributed by atoms with Crippen LogP contribution in [0.15, 0.2) is 30.3 Å². The van der Waals surface area contributed by atoms with Crippen LogP contribution in [0.5, 0.6) is 0 Å². The van der Waals surface area contributed by atoms with Crippen molar-refractivity contribution in [3.63, 3.8) is 0 Å². The van der Waals surface area contributed by atoms with Crippen molar-refractivity contribution in [3.8, 4) is 0 Å². The Labute approximate surface area is 153 Å². The lowest BCUT2D eigenvalue weighted by molar-refractivity contribution is -0.163. The molecule has 3 atom stereocenters. The zero-order valence-corrected chi connectivity index (χ0v) is 16.3. The fourth-order valence-electron chi connectivity index (χ4n) is 2.20. The maximum atomic E-state index is 10.4. The number of aliphatic hydroxyl groups excluding tert-OH is 1. The van der Waals surface area contributed by atoms with Crippen molar-refractivity contribution < 1.29 is 14.6 Å². The second kappa shape index (κ2) is 12.2. The number of hydrogen-bond donors (Lipinski definition) is 3. The number of nitrogens with one attached hydrogen (secondary N) is 2. The number of hydrogen-bond acceptors (Lipinski definition) is 5. The SMILES string of the molecule is CN[C@@H](NCI)[C@@H](COCc1ccccc1)C(O)OCC(C)C. The van der Waals surface area contributed by atoms with E-state index in [0.29, 0.717) is 25.7 Å². The molecule has 0 amide bonds. The van der Waals surface area contributed by atoms with Gasteiger partial charge in [0.05, 0.1) is 31.9 Å². The van der Waals surface area contributed by atoms with E-state index in [2.05, 4.69) is 47.1 Å². The Balaban J connectivity index is 2.58. The van der Waals surface area contributed by atoms with Crippen molar-refractivity contribution in [1.82, 2.24) is 10.6 Å². The predicted molar refractivity (Wildman–Crippen MR) is 101 cm³/mol. The lowest BCUT2D eigenvalue weighted by Crippen LogP contribution is -2.52. The Kier molecular flexibility index (Phi) is 11.0. The van der Waals surface area contributed by atoms with Gasteiger partial charge in [-0.15, -0.1) is 0 Å². The van der Waals surface area contributed by atoms with E-state index >= 15 is 0 Å². The van der Waals surface area contributed by atoms with Crippen LogP contribution in [-0.2, 0) is 16.1 Å². The number of alkyl halides is 1. The van der Waals surface area contributed by atoms with E-state index in [9.17, 15) is 5.11 Å². The largest absolute Gasteiger partial charge is 0.376 e. The summed E-state index contributed by atoms with van der Waals surface area (Å²) in [6.45, 7) is 5.58. The minimum atomic E-state index is -0.874. The molecular formula is C17H29IN2O3.